The summed E-state index contributed by atoms with van der Waals surface area (Å²) in [6.45, 7) is 0.581. The van der Waals surface area contributed by atoms with Crippen LogP contribution in [0.3, 0.4) is 0 Å². The fourth-order valence-corrected chi connectivity index (χ4v) is 4.59. The van der Waals surface area contributed by atoms with Crippen LogP contribution >= 0.6 is 12.4 Å². The van der Waals surface area contributed by atoms with Gasteiger partial charge in [-0.3, -0.25) is 9.59 Å². The zero-order valence-corrected chi connectivity index (χ0v) is 22.0. The van der Waals surface area contributed by atoms with E-state index in [1.54, 1.807) is 4.90 Å². The third-order valence-corrected chi connectivity index (χ3v) is 6.56. The van der Waals surface area contributed by atoms with Gasteiger partial charge in [-0.05, 0) is 36.0 Å². The van der Waals surface area contributed by atoms with Gasteiger partial charge in [0, 0.05) is 13.0 Å². The molecule has 3 atom stereocenters. The summed E-state index contributed by atoms with van der Waals surface area (Å²) in [7, 11) is 0. The van der Waals surface area contributed by atoms with Crippen molar-refractivity contribution in [2.45, 2.75) is 50.4 Å². The quantitative estimate of drug-likeness (QED) is 0.387. The van der Waals surface area contributed by atoms with E-state index in [4.69, 9.17) is 10.5 Å². The van der Waals surface area contributed by atoms with Gasteiger partial charge in [0.1, 0.15) is 18.7 Å². The van der Waals surface area contributed by atoms with Crippen molar-refractivity contribution < 1.29 is 19.1 Å². The minimum Gasteiger partial charge on any atom is -0.459 e. The first kappa shape index (κ1) is 28.9. The molecule has 3 aromatic rings. The summed E-state index contributed by atoms with van der Waals surface area (Å²) < 4.78 is 5.54. The number of hydrogen-bond acceptors (Lipinski definition) is 5. The number of esters is 1. The van der Waals surface area contributed by atoms with Crippen molar-refractivity contribution in [3.8, 4) is 0 Å². The van der Waals surface area contributed by atoms with Crippen molar-refractivity contribution in [3.63, 3.8) is 0 Å². The lowest BCUT2D eigenvalue weighted by Crippen LogP contribution is -2.55. The monoisotopic (exact) mass is 535 g/mol. The van der Waals surface area contributed by atoms with Crippen LogP contribution in [0.4, 0.5) is 0 Å². The van der Waals surface area contributed by atoms with Crippen molar-refractivity contribution in [1.29, 1.82) is 0 Å². The third-order valence-electron chi connectivity index (χ3n) is 6.56. The van der Waals surface area contributed by atoms with Crippen molar-refractivity contribution in [2.24, 2.45) is 5.73 Å². The third kappa shape index (κ3) is 7.91. The highest BCUT2D eigenvalue weighted by Gasteiger charge is 2.39. The van der Waals surface area contributed by atoms with E-state index < -0.39 is 30.0 Å². The van der Waals surface area contributed by atoms with Crippen LogP contribution in [0.15, 0.2) is 91.0 Å². The van der Waals surface area contributed by atoms with Crippen molar-refractivity contribution >= 4 is 30.2 Å². The van der Waals surface area contributed by atoms with Crippen molar-refractivity contribution in [3.05, 3.63) is 108 Å². The second-order valence-electron chi connectivity index (χ2n) is 9.33. The minimum absolute atomic E-state index is 0. The van der Waals surface area contributed by atoms with Crippen LogP contribution in [0.25, 0.3) is 0 Å². The highest BCUT2D eigenvalue weighted by atomic mass is 35.5. The molecule has 2 amide bonds. The van der Waals surface area contributed by atoms with E-state index in [0.717, 1.165) is 16.7 Å². The molecule has 1 fully saturated rings. The average molecular weight is 536 g/mol. The standard InChI is InChI=1S/C30H33N3O4.ClH/c31-25(19-22-11-4-1-5-12-22)28(34)32-26(20-23-13-6-2-7-14-23)29(35)33-18-10-17-27(33)30(36)37-21-24-15-8-3-9-16-24;/h1-9,11-16,25-27H,10,17-21,31H2,(H,32,34);1H/t25-,26-,27+;/m0./s1. The number of amides is 2. The van der Waals surface area contributed by atoms with Crippen molar-refractivity contribution in [2.75, 3.05) is 6.54 Å². The summed E-state index contributed by atoms with van der Waals surface area (Å²) in [4.78, 5) is 41.2. The Bertz CT molecular complexity index is 1180. The van der Waals surface area contributed by atoms with Gasteiger partial charge in [0.05, 0.1) is 6.04 Å². The van der Waals surface area contributed by atoms with Gasteiger partial charge in [0.15, 0.2) is 0 Å². The number of halogens is 1. The summed E-state index contributed by atoms with van der Waals surface area (Å²) in [5, 5.41) is 2.87. The van der Waals surface area contributed by atoms with Crippen LogP contribution < -0.4 is 11.1 Å². The van der Waals surface area contributed by atoms with Crippen LogP contribution in [0, 0.1) is 0 Å². The van der Waals surface area contributed by atoms with Crippen LogP contribution in [-0.2, 0) is 38.6 Å². The first-order chi connectivity index (χ1) is 18.0. The maximum atomic E-state index is 13.7. The molecular formula is C30H34ClN3O4. The highest BCUT2D eigenvalue weighted by Crippen LogP contribution is 2.21. The molecule has 4 rings (SSSR count). The van der Waals surface area contributed by atoms with Gasteiger partial charge < -0.3 is 20.7 Å². The lowest BCUT2D eigenvalue weighted by atomic mass is 10.0. The molecule has 0 radical (unpaired) electrons. The molecule has 0 spiro atoms. The Morgan fingerprint density at radius 2 is 1.37 bits per heavy atom. The Balaban J connectivity index is 0.00000400. The molecule has 200 valence electrons. The van der Waals surface area contributed by atoms with Crippen LogP contribution in [0.5, 0.6) is 0 Å². The molecule has 7 nitrogen and oxygen atoms in total. The number of nitrogens with zero attached hydrogens (tertiary/aromatic N) is 1. The normalized spacial score (nSPS) is 16.1. The molecule has 38 heavy (non-hydrogen) atoms. The molecule has 0 aromatic heterocycles. The highest BCUT2D eigenvalue weighted by molar-refractivity contribution is 5.92. The van der Waals surface area contributed by atoms with Crippen LogP contribution in [-0.4, -0.2) is 47.4 Å². The molecule has 1 heterocycles. The molecular weight excluding hydrogens is 502 g/mol. The Morgan fingerprint density at radius 3 is 1.95 bits per heavy atom. The predicted molar refractivity (Wildman–Crippen MR) is 148 cm³/mol. The fraction of sp³-hybridized carbons (Fsp3) is 0.300. The zero-order chi connectivity index (χ0) is 26.0. The molecule has 0 saturated carbocycles. The number of ether oxygens (including phenoxy) is 1. The van der Waals surface area contributed by atoms with Gasteiger partial charge in [-0.1, -0.05) is 91.0 Å². The molecule has 0 aliphatic carbocycles. The van der Waals surface area contributed by atoms with Gasteiger partial charge >= 0.3 is 5.97 Å². The summed E-state index contributed by atoms with van der Waals surface area (Å²) in [6, 6.07) is 26.1. The van der Waals surface area contributed by atoms with Crippen LogP contribution in [0.1, 0.15) is 29.5 Å². The number of hydrogen-bond donors (Lipinski definition) is 2. The Morgan fingerprint density at radius 1 is 0.842 bits per heavy atom. The largest absolute Gasteiger partial charge is 0.459 e. The smallest absolute Gasteiger partial charge is 0.329 e. The van der Waals surface area contributed by atoms with Gasteiger partial charge in [0.25, 0.3) is 0 Å². The zero-order valence-electron chi connectivity index (χ0n) is 21.2. The number of carbonyl (C=O) groups is 3. The number of carbonyl (C=O) groups excluding carboxylic acids is 3. The van der Waals surface area contributed by atoms with E-state index in [9.17, 15) is 14.4 Å². The summed E-state index contributed by atoms with van der Waals surface area (Å²) in [5.74, 6) is -1.14. The maximum Gasteiger partial charge on any atom is 0.329 e. The Hall–Kier alpha value is -3.68. The molecule has 1 aliphatic heterocycles. The van der Waals surface area contributed by atoms with Gasteiger partial charge in [0.2, 0.25) is 11.8 Å². The first-order valence-electron chi connectivity index (χ1n) is 12.7. The molecule has 8 heteroatoms. The van der Waals surface area contributed by atoms with E-state index >= 15 is 0 Å². The summed E-state index contributed by atoms with van der Waals surface area (Å²) >= 11 is 0. The molecule has 3 N–H and O–H groups in total. The topological polar surface area (TPSA) is 102 Å². The number of nitrogens with two attached hydrogens (primary N) is 1. The van der Waals surface area contributed by atoms with Gasteiger partial charge in [-0.2, -0.15) is 0 Å². The van der Waals surface area contributed by atoms with Gasteiger partial charge in [-0.25, -0.2) is 4.79 Å². The summed E-state index contributed by atoms with van der Waals surface area (Å²) in [5.41, 5.74) is 8.93. The SMILES string of the molecule is Cl.N[C@@H](Cc1ccccc1)C(=O)N[C@@H](Cc1ccccc1)C(=O)N1CCC[C@@H]1C(=O)OCc1ccccc1. The van der Waals surface area contributed by atoms with Crippen molar-refractivity contribution in [1.82, 2.24) is 10.2 Å². The maximum absolute atomic E-state index is 13.7. The minimum atomic E-state index is -0.848. The van der Waals surface area contributed by atoms with E-state index in [2.05, 4.69) is 5.32 Å². The predicted octanol–water partition coefficient (Wildman–Crippen LogP) is 3.44. The second kappa shape index (κ2) is 14.3. The molecule has 0 unspecified atom stereocenters. The molecule has 1 aliphatic rings. The second-order valence-corrected chi connectivity index (χ2v) is 9.33. The van der Waals surface area contributed by atoms with Gasteiger partial charge in [-0.15, -0.1) is 12.4 Å². The van der Waals surface area contributed by atoms with Crippen LogP contribution in [0.2, 0.25) is 0 Å². The Kier molecular flexibility index (Phi) is 10.9. The average Bonchev–Trinajstić information content (AvgIpc) is 3.43. The molecule has 0 bridgehead atoms. The first-order valence-corrected chi connectivity index (χ1v) is 12.7. The lowest BCUT2D eigenvalue weighted by molar-refractivity contribution is -0.155. The molecule has 1 saturated heterocycles. The number of benzene rings is 3. The number of likely N-dealkylation sites (tertiary alicyclic amines) is 1. The van der Waals surface area contributed by atoms with E-state index in [1.807, 2.05) is 91.0 Å². The lowest BCUT2D eigenvalue weighted by Gasteiger charge is -2.29. The fourth-order valence-electron chi connectivity index (χ4n) is 4.59. The van der Waals surface area contributed by atoms with E-state index in [0.29, 0.717) is 32.2 Å². The number of rotatable bonds is 10. The summed E-state index contributed by atoms with van der Waals surface area (Å²) in [6.07, 6.45) is 1.87. The van der Waals surface area contributed by atoms with E-state index in [1.165, 1.54) is 0 Å². The number of nitrogens with one attached hydrogen (secondary N) is 1. The Labute approximate surface area is 229 Å². The van der Waals surface area contributed by atoms with E-state index in [-0.39, 0.29) is 24.9 Å². The molecule has 3 aromatic carbocycles.